The molecule has 9 heteroatoms. The molecule has 0 aliphatic carbocycles. The van der Waals surface area contributed by atoms with Gasteiger partial charge in [-0.1, -0.05) is 30.3 Å². The average Bonchev–Trinajstić information content (AvgIpc) is 3.09. The lowest BCUT2D eigenvalue weighted by molar-refractivity contribution is -0.133. The number of carbonyl (C=O) groups excluding carboxylic acids is 1. The summed E-state index contributed by atoms with van der Waals surface area (Å²) in [5.74, 6) is -0.690. The number of amides is 1. The highest BCUT2D eigenvalue weighted by atomic mass is 32.1. The van der Waals surface area contributed by atoms with Gasteiger partial charge in [0.1, 0.15) is 12.1 Å². The van der Waals surface area contributed by atoms with E-state index in [1.807, 2.05) is 43.3 Å². The van der Waals surface area contributed by atoms with Crippen molar-refractivity contribution in [3.63, 3.8) is 0 Å². The number of thiol groups is 1. The van der Waals surface area contributed by atoms with Gasteiger partial charge >= 0.3 is 5.76 Å². The molecule has 0 saturated carbocycles. The predicted molar refractivity (Wildman–Crippen MR) is 133 cm³/mol. The second-order valence-corrected chi connectivity index (χ2v) is 10.0. The molecule has 2 N–H and O–H groups in total. The molecule has 2 heterocycles. The molecular weight excluding hydrogens is 452 g/mol. The summed E-state index contributed by atoms with van der Waals surface area (Å²) in [6, 6.07) is 14.9. The summed E-state index contributed by atoms with van der Waals surface area (Å²) in [6.45, 7) is 3.53. The minimum atomic E-state index is -0.667. The number of ether oxygens (including phenoxy) is 1. The van der Waals surface area contributed by atoms with Crippen molar-refractivity contribution in [1.29, 1.82) is 5.26 Å². The zero-order valence-corrected chi connectivity index (χ0v) is 20.1. The maximum absolute atomic E-state index is 12.7. The van der Waals surface area contributed by atoms with E-state index >= 15 is 0 Å². The first kappa shape index (κ1) is 24.1. The van der Waals surface area contributed by atoms with Crippen molar-refractivity contribution in [3.8, 4) is 17.2 Å². The van der Waals surface area contributed by atoms with E-state index in [1.165, 1.54) is 4.57 Å². The van der Waals surface area contributed by atoms with Crippen LogP contribution in [0.15, 0.2) is 51.7 Å². The van der Waals surface area contributed by atoms with Gasteiger partial charge < -0.3 is 19.8 Å². The van der Waals surface area contributed by atoms with Crippen LogP contribution in [0, 0.1) is 11.3 Å². The predicted octanol–water partition coefficient (Wildman–Crippen LogP) is 2.42. The van der Waals surface area contributed by atoms with Gasteiger partial charge in [0, 0.05) is 37.9 Å². The first-order chi connectivity index (χ1) is 16.3. The summed E-state index contributed by atoms with van der Waals surface area (Å²) in [4.78, 5) is 24.4. The van der Waals surface area contributed by atoms with E-state index < -0.39 is 17.9 Å². The highest BCUT2D eigenvalue weighted by Crippen LogP contribution is 2.24. The fourth-order valence-corrected chi connectivity index (χ4v) is 4.18. The molecule has 0 radical (unpaired) electrons. The van der Waals surface area contributed by atoms with Crippen LogP contribution in [-0.2, 0) is 23.0 Å². The highest BCUT2D eigenvalue weighted by molar-refractivity contribution is 7.81. The van der Waals surface area contributed by atoms with Gasteiger partial charge in [-0.25, -0.2) is 4.79 Å². The Morgan fingerprint density at radius 1 is 1.32 bits per heavy atom. The van der Waals surface area contributed by atoms with Crippen LogP contribution in [0.3, 0.4) is 0 Å². The number of nitrogens with zero attached hydrogens (tertiary/aromatic N) is 2. The fraction of sp³-hybridized carbons (Fsp3) is 0.400. The van der Waals surface area contributed by atoms with Crippen LogP contribution in [0.2, 0.25) is 0 Å². The Kier molecular flexibility index (Phi) is 7.12. The lowest BCUT2D eigenvalue weighted by Crippen LogP contribution is -2.50. The molecule has 1 aliphatic heterocycles. The van der Waals surface area contributed by atoms with Crippen LogP contribution in [-0.4, -0.2) is 47.1 Å². The Labute approximate surface area is 203 Å². The monoisotopic (exact) mass is 480 g/mol. The van der Waals surface area contributed by atoms with E-state index in [0.29, 0.717) is 31.7 Å². The molecule has 0 spiro atoms. The number of aromatic nitrogens is 1. The number of aryl methyl sites for hydroxylation is 1. The number of oxazole rings is 1. The summed E-state index contributed by atoms with van der Waals surface area (Å²) < 4.78 is 12.2. The van der Waals surface area contributed by atoms with Crippen molar-refractivity contribution in [1.82, 2.24) is 15.2 Å². The molecule has 1 amide bonds. The molecule has 1 aliphatic rings. The molecule has 8 nitrogen and oxygen atoms in total. The first-order valence-electron chi connectivity index (χ1n) is 11.2. The highest BCUT2D eigenvalue weighted by Gasteiger charge is 2.27. The molecule has 1 aromatic heterocycles. The molecular formula is C25H28N4O4S. The zero-order chi connectivity index (χ0) is 24.3. The Morgan fingerprint density at radius 3 is 2.79 bits per heavy atom. The maximum Gasteiger partial charge on any atom is 0.419 e. The summed E-state index contributed by atoms with van der Waals surface area (Å²) in [5.41, 5.74) is 4.12. The van der Waals surface area contributed by atoms with Crippen LogP contribution in [0.1, 0.15) is 18.9 Å². The van der Waals surface area contributed by atoms with Gasteiger partial charge in [0.25, 0.3) is 5.91 Å². The Morgan fingerprint density at radius 2 is 2.06 bits per heavy atom. The van der Waals surface area contributed by atoms with Crippen molar-refractivity contribution in [2.45, 2.75) is 36.7 Å². The van der Waals surface area contributed by atoms with Crippen molar-refractivity contribution in [2.24, 2.45) is 7.05 Å². The summed E-state index contributed by atoms with van der Waals surface area (Å²) in [6.07, 6.45) is 0.466. The smallest absolute Gasteiger partial charge is 0.408 e. The lowest BCUT2D eigenvalue weighted by atomic mass is 10.0. The molecule has 0 bridgehead atoms. The van der Waals surface area contributed by atoms with E-state index in [0.717, 1.165) is 28.6 Å². The molecule has 178 valence electrons. The van der Waals surface area contributed by atoms with Crippen LogP contribution in [0.25, 0.3) is 22.2 Å². The van der Waals surface area contributed by atoms with E-state index in [1.54, 1.807) is 13.1 Å². The van der Waals surface area contributed by atoms with E-state index in [-0.39, 0.29) is 10.7 Å². The molecule has 1 fully saturated rings. The number of rotatable bonds is 5. The third kappa shape index (κ3) is 5.53. The molecule has 2 aromatic carbocycles. The molecule has 3 atom stereocenters. The van der Waals surface area contributed by atoms with E-state index in [2.05, 4.69) is 29.3 Å². The molecule has 1 saturated heterocycles. The molecule has 4 rings (SSSR count). The number of nitriles is 1. The fourth-order valence-electron chi connectivity index (χ4n) is 3.98. The van der Waals surface area contributed by atoms with Gasteiger partial charge in [0.15, 0.2) is 5.58 Å². The van der Waals surface area contributed by atoms with Gasteiger partial charge in [0.2, 0.25) is 0 Å². The van der Waals surface area contributed by atoms with Crippen molar-refractivity contribution in [2.75, 3.05) is 19.7 Å². The summed E-state index contributed by atoms with van der Waals surface area (Å²) in [7, 11) is 1.67. The third-order valence-electron chi connectivity index (χ3n) is 6.08. The van der Waals surface area contributed by atoms with Crippen LogP contribution in [0.4, 0.5) is 0 Å². The molecule has 0 unspecified atom stereocenters. The SMILES string of the molecule is Cn1c(=O)oc2ccc(-c3ccc(C[C@@H](C#N)NC(=O)[C@@H]4CNC[C@](C)(S)CCO4)cc3)cc21. The number of hydrogen-bond acceptors (Lipinski definition) is 7. The number of fused-ring (bicyclic) bond motifs is 1. The number of hydrogen-bond donors (Lipinski definition) is 3. The topological polar surface area (TPSA) is 109 Å². The normalized spacial score (nSPS) is 21.9. The standard InChI is InChI=1S/C25H28N4O4S/c1-25(34)9-10-32-22(14-27-15-25)23(30)28-19(13-26)11-16-3-5-17(6-4-16)18-7-8-21-20(12-18)29(2)24(31)33-21/h3-8,12,19,22,27,34H,9-11,14-15H2,1-2H3,(H,28,30)/t19-,22-,25+/m0/s1. The Bertz CT molecular complexity index is 1260. The van der Waals surface area contributed by atoms with E-state index in [9.17, 15) is 14.9 Å². The Hall–Kier alpha value is -3.06. The van der Waals surface area contributed by atoms with Crippen molar-refractivity contribution >= 4 is 29.6 Å². The van der Waals surface area contributed by atoms with Crippen molar-refractivity contribution < 1.29 is 13.9 Å². The minimum absolute atomic E-state index is 0.177. The maximum atomic E-state index is 12.7. The molecule has 3 aromatic rings. The quantitative estimate of drug-likeness (QED) is 0.484. The van der Waals surface area contributed by atoms with Crippen molar-refractivity contribution in [3.05, 3.63) is 58.6 Å². The second-order valence-electron chi connectivity index (χ2n) is 8.94. The Balaban J connectivity index is 1.39. The van der Waals surface area contributed by atoms with Gasteiger partial charge in [-0.05, 0) is 42.2 Å². The number of nitrogens with one attached hydrogen (secondary N) is 2. The largest absolute Gasteiger partial charge is 0.419 e. The van der Waals surface area contributed by atoms with Gasteiger partial charge in [-0.3, -0.25) is 9.36 Å². The average molecular weight is 481 g/mol. The summed E-state index contributed by atoms with van der Waals surface area (Å²) in [5, 5.41) is 15.6. The lowest BCUT2D eigenvalue weighted by Gasteiger charge is -2.30. The molecule has 34 heavy (non-hydrogen) atoms. The first-order valence-corrected chi connectivity index (χ1v) is 11.6. The van der Waals surface area contributed by atoms with Gasteiger partial charge in [0.05, 0.1) is 11.6 Å². The summed E-state index contributed by atoms with van der Waals surface area (Å²) >= 11 is 4.59. The number of carbonyl (C=O) groups is 1. The number of benzene rings is 2. The second kappa shape index (κ2) is 10.1. The third-order valence-corrected chi connectivity index (χ3v) is 6.46. The van der Waals surface area contributed by atoms with Gasteiger partial charge in [-0.2, -0.15) is 17.9 Å². The zero-order valence-electron chi connectivity index (χ0n) is 19.2. The van der Waals surface area contributed by atoms with Gasteiger partial charge in [-0.15, -0.1) is 0 Å². The van der Waals surface area contributed by atoms with Crippen LogP contribution >= 0.6 is 12.6 Å². The van der Waals surface area contributed by atoms with Crippen LogP contribution in [0.5, 0.6) is 0 Å². The van der Waals surface area contributed by atoms with Crippen LogP contribution < -0.4 is 16.4 Å². The minimum Gasteiger partial charge on any atom is -0.408 e. The van der Waals surface area contributed by atoms with E-state index in [4.69, 9.17) is 9.15 Å².